The quantitative estimate of drug-likeness (QED) is 0.858. The van der Waals surface area contributed by atoms with Crippen LogP contribution < -0.4 is 5.73 Å². The zero-order valence-corrected chi connectivity index (χ0v) is 10.1. The molecular weight excluding hydrogens is 252 g/mol. The molecule has 0 spiro atoms. The number of hydrogen-bond donors (Lipinski definition) is 1. The highest BCUT2D eigenvalue weighted by molar-refractivity contribution is 7.99. The minimum absolute atomic E-state index is 0.154. The summed E-state index contributed by atoms with van der Waals surface area (Å²) in [6, 6.07) is 3.86. The average Bonchev–Trinajstić information content (AvgIpc) is 2.85. The van der Waals surface area contributed by atoms with Crippen molar-refractivity contribution < 1.29 is 4.42 Å². The maximum Gasteiger partial charge on any atom is 0.256 e. The highest BCUT2D eigenvalue weighted by Crippen LogP contribution is 2.38. The smallest absolute Gasteiger partial charge is 0.256 e. The number of oxazole rings is 1. The first-order valence-electron chi connectivity index (χ1n) is 4.31. The molecule has 0 bridgehead atoms. The van der Waals surface area contributed by atoms with E-state index in [1.807, 2.05) is 12.1 Å². The Labute approximate surface area is 101 Å². The number of thiophene rings is 1. The summed E-state index contributed by atoms with van der Waals surface area (Å²) in [4.78, 5) is 5.19. The fourth-order valence-corrected chi connectivity index (χ4v) is 3.23. The molecule has 80 valence electrons. The van der Waals surface area contributed by atoms with Crippen molar-refractivity contribution in [2.75, 3.05) is 6.54 Å². The van der Waals surface area contributed by atoms with Crippen LogP contribution in [0.2, 0.25) is 4.34 Å². The van der Waals surface area contributed by atoms with Crippen LogP contribution in [-0.2, 0) is 0 Å². The molecule has 1 unspecified atom stereocenters. The van der Waals surface area contributed by atoms with Gasteiger partial charge in [0.1, 0.15) is 6.26 Å². The number of thioether (sulfide) groups is 1. The molecule has 2 aromatic rings. The first-order valence-corrected chi connectivity index (χ1v) is 6.38. The van der Waals surface area contributed by atoms with Gasteiger partial charge in [0, 0.05) is 11.4 Å². The van der Waals surface area contributed by atoms with Crippen LogP contribution in [-0.4, -0.2) is 11.5 Å². The summed E-state index contributed by atoms with van der Waals surface area (Å²) in [6.07, 6.45) is 3.18. The van der Waals surface area contributed by atoms with E-state index in [-0.39, 0.29) is 5.25 Å². The molecule has 2 N–H and O–H groups in total. The molecule has 0 aliphatic carbocycles. The molecule has 0 aliphatic rings. The van der Waals surface area contributed by atoms with E-state index in [4.69, 9.17) is 21.8 Å². The zero-order chi connectivity index (χ0) is 10.7. The number of nitrogens with zero attached hydrogens (tertiary/aromatic N) is 1. The molecule has 1 atom stereocenters. The second-order valence-corrected chi connectivity index (χ2v) is 5.68. The Morgan fingerprint density at radius 1 is 1.60 bits per heavy atom. The van der Waals surface area contributed by atoms with Gasteiger partial charge in [-0.2, -0.15) is 0 Å². The van der Waals surface area contributed by atoms with Gasteiger partial charge in [0.25, 0.3) is 5.22 Å². The van der Waals surface area contributed by atoms with Crippen LogP contribution in [0, 0.1) is 0 Å². The Kier molecular flexibility index (Phi) is 3.69. The predicted octanol–water partition coefficient (Wildman–Crippen LogP) is 3.18. The molecule has 0 radical (unpaired) electrons. The van der Waals surface area contributed by atoms with Gasteiger partial charge in [0.15, 0.2) is 0 Å². The second-order valence-electron chi connectivity index (χ2n) is 2.78. The third kappa shape index (κ3) is 2.75. The van der Waals surface area contributed by atoms with Crippen LogP contribution >= 0.6 is 34.7 Å². The lowest BCUT2D eigenvalue weighted by molar-refractivity contribution is 0.453. The van der Waals surface area contributed by atoms with Gasteiger partial charge in [-0.1, -0.05) is 23.4 Å². The summed E-state index contributed by atoms with van der Waals surface area (Å²) in [5.74, 6) is 0. The topological polar surface area (TPSA) is 52.0 Å². The molecular formula is C9H9ClN2OS2. The summed E-state index contributed by atoms with van der Waals surface area (Å²) in [5, 5.41) is 0.788. The Morgan fingerprint density at radius 3 is 3.00 bits per heavy atom. The summed E-state index contributed by atoms with van der Waals surface area (Å²) in [7, 11) is 0. The molecule has 0 aliphatic heterocycles. The molecule has 0 amide bonds. The minimum Gasteiger partial charge on any atom is -0.440 e. The van der Waals surface area contributed by atoms with Gasteiger partial charge in [-0.3, -0.25) is 0 Å². The van der Waals surface area contributed by atoms with Crippen molar-refractivity contribution in [1.29, 1.82) is 0 Å². The van der Waals surface area contributed by atoms with E-state index in [9.17, 15) is 0 Å². The van der Waals surface area contributed by atoms with E-state index >= 15 is 0 Å². The highest BCUT2D eigenvalue weighted by Gasteiger charge is 2.15. The van der Waals surface area contributed by atoms with Crippen LogP contribution in [0.15, 0.2) is 34.2 Å². The Bertz CT molecular complexity index is 415. The Morgan fingerprint density at radius 2 is 2.47 bits per heavy atom. The molecule has 15 heavy (non-hydrogen) atoms. The lowest BCUT2D eigenvalue weighted by Crippen LogP contribution is -2.07. The molecule has 2 heterocycles. The maximum atomic E-state index is 5.87. The minimum atomic E-state index is 0.154. The normalized spacial score (nSPS) is 12.9. The van der Waals surface area contributed by atoms with Gasteiger partial charge in [-0.05, 0) is 12.1 Å². The SMILES string of the molecule is NCC(Sc1ncco1)c1ccc(Cl)s1. The van der Waals surface area contributed by atoms with Gasteiger partial charge in [-0.25, -0.2) is 4.98 Å². The van der Waals surface area contributed by atoms with E-state index in [1.165, 1.54) is 23.1 Å². The molecule has 2 rings (SSSR count). The standard InChI is InChI=1S/C9H9ClN2OS2/c10-8-2-1-6(14-8)7(5-11)15-9-12-3-4-13-9/h1-4,7H,5,11H2. The summed E-state index contributed by atoms with van der Waals surface area (Å²) >= 11 is 8.92. The predicted molar refractivity (Wildman–Crippen MR) is 63.5 cm³/mol. The van der Waals surface area contributed by atoms with Gasteiger partial charge >= 0.3 is 0 Å². The van der Waals surface area contributed by atoms with Crippen LogP contribution in [0.3, 0.4) is 0 Å². The summed E-state index contributed by atoms with van der Waals surface area (Å²) in [6.45, 7) is 0.532. The van der Waals surface area contributed by atoms with Crippen LogP contribution in [0.25, 0.3) is 0 Å². The van der Waals surface area contributed by atoms with E-state index in [2.05, 4.69) is 4.98 Å². The van der Waals surface area contributed by atoms with Crippen LogP contribution in [0.1, 0.15) is 10.1 Å². The molecule has 0 fully saturated rings. The van der Waals surface area contributed by atoms with Crippen molar-refractivity contribution in [3.05, 3.63) is 33.8 Å². The first kappa shape index (κ1) is 11.0. The lowest BCUT2D eigenvalue weighted by atomic mass is 10.3. The van der Waals surface area contributed by atoms with Crippen molar-refractivity contribution in [2.45, 2.75) is 10.5 Å². The molecule has 3 nitrogen and oxygen atoms in total. The largest absolute Gasteiger partial charge is 0.440 e. The van der Waals surface area contributed by atoms with Crippen molar-refractivity contribution in [1.82, 2.24) is 4.98 Å². The zero-order valence-electron chi connectivity index (χ0n) is 7.72. The summed E-state index contributed by atoms with van der Waals surface area (Å²) < 4.78 is 5.94. The molecule has 0 saturated heterocycles. The number of halogens is 1. The molecule has 0 aromatic carbocycles. The fraction of sp³-hybridized carbons (Fsp3) is 0.222. The number of hydrogen-bond acceptors (Lipinski definition) is 5. The Hall–Kier alpha value is -0.490. The highest BCUT2D eigenvalue weighted by atomic mass is 35.5. The van der Waals surface area contributed by atoms with E-state index in [0.29, 0.717) is 11.8 Å². The van der Waals surface area contributed by atoms with Crippen LogP contribution in [0.5, 0.6) is 0 Å². The van der Waals surface area contributed by atoms with Crippen LogP contribution in [0.4, 0.5) is 0 Å². The fourth-order valence-electron chi connectivity index (χ4n) is 1.11. The van der Waals surface area contributed by atoms with Crippen molar-refractivity contribution in [3.63, 3.8) is 0 Å². The van der Waals surface area contributed by atoms with E-state index < -0.39 is 0 Å². The van der Waals surface area contributed by atoms with Gasteiger partial charge in [-0.15, -0.1) is 11.3 Å². The van der Waals surface area contributed by atoms with Crippen molar-refractivity contribution >= 4 is 34.7 Å². The number of nitrogens with two attached hydrogens (primary N) is 1. The molecule has 2 aromatic heterocycles. The number of rotatable bonds is 4. The van der Waals surface area contributed by atoms with Gasteiger partial charge < -0.3 is 10.2 Å². The van der Waals surface area contributed by atoms with E-state index in [0.717, 1.165) is 9.21 Å². The van der Waals surface area contributed by atoms with Crippen molar-refractivity contribution in [2.24, 2.45) is 5.73 Å². The third-order valence-electron chi connectivity index (χ3n) is 1.78. The average molecular weight is 261 g/mol. The molecule has 6 heteroatoms. The summed E-state index contributed by atoms with van der Waals surface area (Å²) in [5.41, 5.74) is 5.70. The van der Waals surface area contributed by atoms with E-state index in [1.54, 1.807) is 12.5 Å². The lowest BCUT2D eigenvalue weighted by Gasteiger charge is -2.08. The third-order valence-corrected chi connectivity index (χ3v) is 4.41. The van der Waals surface area contributed by atoms with Gasteiger partial charge in [0.2, 0.25) is 0 Å². The second kappa shape index (κ2) is 5.03. The van der Waals surface area contributed by atoms with Crippen molar-refractivity contribution in [3.8, 4) is 0 Å². The number of aromatic nitrogens is 1. The molecule has 0 saturated carbocycles. The maximum absolute atomic E-state index is 5.87. The first-order chi connectivity index (χ1) is 7.29. The Balaban J connectivity index is 2.11. The van der Waals surface area contributed by atoms with Gasteiger partial charge in [0.05, 0.1) is 15.8 Å². The monoisotopic (exact) mass is 260 g/mol.